The maximum Gasteiger partial charge on any atom is 0.235 e. The van der Waals surface area contributed by atoms with Crippen molar-refractivity contribution >= 4 is 11.8 Å². The molecule has 1 rings (SSSR count). The Morgan fingerprint density at radius 3 is 2.58 bits per heavy atom. The van der Waals surface area contributed by atoms with Crippen LogP contribution in [-0.2, 0) is 20.9 Å². The van der Waals surface area contributed by atoms with E-state index in [1.165, 1.54) is 6.26 Å². The highest BCUT2D eigenvalue weighted by molar-refractivity contribution is 6.04. The van der Waals surface area contributed by atoms with Crippen molar-refractivity contribution in [3.8, 4) is 0 Å². The minimum absolute atomic E-state index is 0.264. The first-order chi connectivity index (χ1) is 8.98. The van der Waals surface area contributed by atoms with Gasteiger partial charge < -0.3 is 19.8 Å². The van der Waals surface area contributed by atoms with Crippen LogP contribution in [0.25, 0.3) is 0 Å². The molecule has 2 N–H and O–H groups in total. The number of amides is 2. The normalized spacial score (nSPS) is 11.1. The highest BCUT2D eigenvalue weighted by Gasteiger charge is 2.35. The van der Waals surface area contributed by atoms with Gasteiger partial charge in [0.15, 0.2) is 0 Å². The molecule has 106 valence electrons. The molecule has 1 aromatic rings. The number of rotatable bonds is 7. The lowest BCUT2D eigenvalue weighted by Gasteiger charge is -2.22. The second kappa shape index (κ2) is 6.94. The van der Waals surface area contributed by atoms with Crippen molar-refractivity contribution in [3.63, 3.8) is 0 Å². The summed E-state index contributed by atoms with van der Waals surface area (Å²) in [6, 6.07) is 3.50. The van der Waals surface area contributed by atoms with E-state index in [9.17, 15) is 9.59 Å². The number of ether oxygens (including phenoxy) is 1. The number of methoxy groups -OCH3 is 1. The summed E-state index contributed by atoms with van der Waals surface area (Å²) in [7, 11) is 1.55. The Morgan fingerprint density at radius 1 is 1.32 bits per heavy atom. The summed E-state index contributed by atoms with van der Waals surface area (Å²) in [6.07, 6.45) is 1.53. The first-order valence-corrected chi connectivity index (χ1v) is 6.06. The third-order valence-corrected chi connectivity index (χ3v) is 2.73. The molecule has 0 atom stereocenters. The molecule has 0 aliphatic heterocycles. The largest absolute Gasteiger partial charge is 0.467 e. The lowest BCUT2D eigenvalue weighted by atomic mass is 9.91. The highest BCUT2D eigenvalue weighted by Crippen LogP contribution is 2.15. The third kappa shape index (κ3) is 4.40. The SMILES string of the molecule is COCCNC(=O)C(C)(C)C(=O)NCc1ccco1. The van der Waals surface area contributed by atoms with Crippen molar-refractivity contribution in [2.75, 3.05) is 20.3 Å². The van der Waals surface area contributed by atoms with Gasteiger partial charge in [0.05, 0.1) is 19.4 Å². The van der Waals surface area contributed by atoms with Gasteiger partial charge in [0, 0.05) is 13.7 Å². The molecular weight excluding hydrogens is 248 g/mol. The maximum absolute atomic E-state index is 12.0. The predicted octanol–water partition coefficient (Wildman–Crippen LogP) is 0.685. The quantitative estimate of drug-likeness (QED) is 0.563. The molecule has 6 heteroatoms. The van der Waals surface area contributed by atoms with E-state index in [0.717, 1.165) is 0 Å². The summed E-state index contributed by atoms with van der Waals surface area (Å²) in [5, 5.41) is 5.32. The van der Waals surface area contributed by atoms with E-state index in [-0.39, 0.29) is 18.4 Å². The fourth-order valence-electron chi connectivity index (χ4n) is 1.39. The van der Waals surface area contributed by atoms with Gasteiger partial charge >= 0.3 is 0 Å². The summed E-state index contributed by atoms with van der Waals surface area (Å²) < 4.78 is 9.94. The molecule has 0 bridgehead atoms. The first-order valence-electron chi connectivity index (χ1n) is 6.06. The van der Waals surface area contributed by atoms with Crippen molar-refractivity contribution in [2.45, 2.75) is 20.4 Å². The van der Waals surface area contributed by atoms with Crippen LogP contribution >= 0.6 is 0 Å². The highest BCUT2D eigenvalue weighted by atomic mass is 16.5. The third-order valence-electron chi connectivity index (χ3n) is 2.73. The van der Waals surface area contributed by atoms with Gasteiger partial charge in [0.2, 0.25) is 11.8 Å². The van der Waals surface area contributed by atoms with Gasteiger partial charge in [0.25, 0.3) is 0 Å². The van der Waals surface area contributed by atoms with Crippen molar-refractivity contribution in [1.29, 1.82) is 0 Å². The van der Waals surface area contributed by atoms with Gasteiger partial charge in [-0.1, -0.05) is 0 Å². The van der Waals surface area contributed by atoms with Crippen LogP contribution in [0.3, 0.4) is 0 Å². The number of nitrogens with one attached hydrogen (secondary N) is 2. The zero-order valence-corrected chi connectivity index (χ0v) is 11.5. The molecule has 0 aliphatic rings. The number of carbonyl (C=O) groups is 2. The van der Waals surface area contributed by atoms with Crippen molar-refractivity contribution in [2.24, 2.45) is 5.41 Å². The van der Waals surface area contributed by atoms with Crippen molar-refractivity contribution in [1.82, 2.24) is 10.6 Å². The van der Waals surface area contributed by atoms with Crippen LogP contribution < -0.4 is 10.6 Å². The zero-order valence-electron chi connectivity index (χ0n) is 11.5. The minimum Gasteiger partial charge on any atom is -0.467 e. The Hall–Kier alpha value is -1.82. The summed E-state index contributed by atoms with van der Waals surface area (Å²) >= 11 is 0. The Labute approximate surface area is 112 Å². The van der Waals surface area contributed by atoms with Crippen molar-refractivity contribution < 1.29 is 18.7 Å². The van der Waals surface area contributed by atoms with E-state index < -0.39 is 5.41 Å². The van der Waals surface area contributed by atoms with E-state index in [4.69, 9.17) is 9.15 Å². The number of hydrogen-bond acceptors (Lipinski definition) is 4. The molecule has 0 fully saturated rings. The molecule has 0 saturated carbocycles. The second-order valence-electron chi connectivity index (χ2n) is 4.64. The van der Waals surface area contributed by atoms with Crippen LogP contribution in [0.2, 0.25) is 0 Å². The lowest BCUT2D eigenvalue weighted by molar-refractivity contribution is -0.141. The fraction of sp³-hybridized carbons (Fsp3) is 0.538. The Bertz CT molecular complexity index is 412. The monoisotopic (exact) mass is 268 g/mol. The van der Waals surface area contributed by atoms with E-state index in [1.54, 1.807) is 33.1 Å². The van der Waals surface area contributed by atoms with Crippen LogP contribution in [0.4, 0.5) is 0 Å². The predicted molar refractivity (Wildman–Crippen MR) is 69.2 cm³/mol. The van der Waals surface area contributed by atoms with Gasteiger partial charge in [-0.3, -0.25) is 9.59 Å². The molecule has 2 amide bonds. The second-order valence-corrected chi connectivity index (χ2v) is 4.64. The molecule has 0 unspecified atom stereocenters. The smallest absolute Gasteiger partial charge is 0.235 e. The molecule has 0 aliphatic carbocycles. The molecule has 0 spiro atoms. The van der Waals surface area contributed by atoms with Gasteiger partial charge in [-0.25, -0.2) is 0 Å². The molecule has 0 saturated heterocycles. The molecule has 19 heavy (non-hydrogen) atoms. The van der Waals surface area contributed by atoms with Crippen LogP contribution in [0.1, 0.15) is 19.6 Å². The summed E-state index contributed by atoms with van der Waals surface area (Å²) in [6.45, 7) is 4.21. The molecule has 1 aromatic heterocycles. The van der Waals surface area contributed by atoms with Crippen LogP contribution in [0.5, 0.6) is 0 Å². The van der Waals surface area contributed by atoms with Crippen molar-refractivity contribution in [3.05, 3.63) is 24.2 Å². The molecular formula is C13H20N2O4. The van der Waals surface area contributed by atoms with E-state index in [1.807, 2.05) is 0 Å². The van der Waals surface area contributed by atoms with Gasteiger partial charge in [-0.15, -0.1) is 0 Å². The minimum atomic E-state index is -1.14. The van der Waals surface area contributed by atoms with E-state index in [2.05, 4.69) is 10.6 Å². The van der Waals surface area contributed by atoms with E-state index in [0.29, 0.717) is 18.9 Å². The molecule has 0 aromatic carbocycles. The topological polar surface area (TPSA) is 80.6 Å². The van der Waals surface area contributed by atoms with Gasteiger partial charge in [0.1, 0.15) is 11.2 Å². The lowest BCUT2D eigenvalue weighted by Crippen LogP contribution is -2.48. The number of hydrogen-bond donors (Lipinski definition) is 2. The first kappa shape index (κ1) is 15.2. The van der Waals surface area contributed by atoms with Gasteiger partial charge in [-0.05, 0) is 26.0 Å². The molecule has 0 radical (unpaired) electrons. The fourth-order valence-corrected chi connectivity index (χ4v) is 1.39. The number of furan rings is 1. The average Bonchev–Trinajstić information content (AvgIpc) is 2.89. The molecule has 6 nitrogen and oxygen atoms in total. The Morgan fingerprint density at radius 2 is 2.00 bits per heavy atom. The molecule has 1 heterocycles. The average molecular weight is 268 g/mol. The van der Waals surface area contributed by atoms with Crippen LogP contribution in [0, 0.1) is 5.41 Å². The standard InChI is InChI=1S/C13H20N2O4/c1-13(2,11(16)14-6-8-18-3)12(17)15-9-10-5-4-7-19-10/h4-5,7H,6,8-9H2,1-3H3,(H,14,16)(H,15,17). The summed E-state index contributed by atoms with van der Waals surface area (Å²) in [4.78, 5) is 23.9. The van der Waals surface area contributed by atoms with Gasteiger partial charge in [-0.2, -0.15) is 0 Å². The zero-order chi connectivity index (χ0) is 14.3. The maximum atomic E-state index is 12.0. The summed E-state index contributed by atoms with van der Waals surface area (Å²) in [5.41, 5.74) is -1.14. The van der Waals surface area contributed by atoms with Crippen LogP contribution in [-0.4, -0.2) is 32.1 Å². The number of carbonyl (C=O) groups excluding carboxylic acids is 2. The Kier molecular flexibility index (Phi) is 5.57. The Balaban J connectivity index is 2.45. The van der Waals surface area contributed by atoms with Crippen LogP contribution in [0.15, 0.2) is 22.8 Å². The summed E-state index contributed by atoms with van der Waals surface area (Å²) in [5.74, 6) is -0.0377. The van der Waals surface area contributed by atoms with E-state index >= 15 is 0 Å².